The van der Waals surface area contributed by atoms with Crippen LogP contribution in [-0.2, 0) is 4.79 Å². The fourth-order valence-electron chi connectivity index (χ4n) is 0.731. The largest absolute Gasteiger partial charge is 0.481 e. The van der Waals surface area contributed by atoms with Crippen molar-refractivity contribution in [3.63, 3.8) is 0 Å². The summed E-state index contributed by atoms with van der Waals surface area (Å²) in [6, 6.07) is 1.45. The number of hydrogen-bond donors (Lipinski definition) is 2. The predicted molar refractivity (Wildman–Crippen MR) is 39.7 cm³/mol. The van der Waals surface area contributed by atoms with Crippen LogP contribution in [0.5, 0.6) is 0 Å². The van der Waals surface area contributed by atoms with Crippen molar-refractivity contribution in [1.82, 2.24) is 10.2 Å². The van der Waals surface area contributed by atoms with Crippen molar-refractivity contribution in [3.05, 3.63) is 18.0 Å². The summed E-state index contributed by atoms with van der Waals surface area (Å²) >= 11 is 0. The molecule has 0 saturated carbocycles. The molecule has 0 aliphatic heterocycles. The van der Waals surface area contributed by atoms with E-state index in [-0.39, 0.29) is 5.69 Å². The maximum absolute atomic E-state index is 11.2. The van der Waals surface area contributed by atoms with Gasteiger partial charge in [-0.1, -0.05) is 0 Å². The van der Waals surface area contributed by atoms with Crippen molar-refractivity contribution in [1.29, 1.82) is 0 Å². The third kappa shape index (κ3) is 1.50. The molecule has 1 aromatic heterocycles. The van der Waals surface area contributed by atoms with Crippen LogP contribution < -0.4 is 0 Å². The SMILES string of the molecule is CC(C(=O)O)C(=O)c1cc[nH]n1. The summed E-state index contributed by atoms with van der Waals surface area (Å²) < 4.78 is 0. The first-order chi connectivity index (χ1) is 5.63. The molecule has 1 unspecified atom stereocenters. The van der Waals surface area contributed by atoms with Crippen LogP contribution in [0.2, 0.25) is 0 Å². The summed E-state index contributed by atoms with van der Waals surface area (Å²) in [5, 5.41) is 14.5. The second-order valence-electron chi connectivity index (χ2n) is 2.38. The van der Waals surface area contributed by atoms with Crippen LogP contribution in [0.4, 0.5) is 0 Å². The molecule has 1 aromatic rings. The van der Waals surface area contributed by atoms with E-state index < -0.39 is 17.7 Å². The van der Waals surface area contributed by atoms with Crippen molar-refractivity contribution < 1.29 is 14.7 Å². The maximum Gasteiger partial charge on any atom is 0.314 e. The zero-order valence-corrected chi connectivity index (χ0v) is 6.44. The van der Waals surface area contributed by atoms with Crippen LogP contribution in [0.1, 0.15) is 17.4 Å². The molecule has 2 N–H and O–H groups in total. The molecule has 64 valence electrons. The van der Waals surface area contributed by atoms with Crippen LogP contribution in [-0.4, -0.2) is 27.1 Å². The molecule has 0 spiro atoms. The molecule has 0 amide bonds. The Kier molecular flexibility index (Phi) is 2.23. The van der Waals surface area contributed by atoms with E-state index in [0.717, 1.165) is 0 Å². The van der Waals surface area contributed by atoms with E-state index in [4.69, 9.17) is 5.11 Å². The highest BCUT2D eigenvalue weighted by atomic mass is 16.4. The molecule has 0 aromatic carbocycles. The number of aromatic nitrogens is 2. The van der Waals surface area contributed by atoms with Crippen LogP contribution in [0.25, 0.3) is 0 Å². The lowest BCUT2D eigenvalue weighted by Gasteiger charge is -2.00. The molecule has 12 heavy (non-hydrogen) atoms. The number of nitrogens with zero attached hydrogens (tertiary/aromatic N) is 1. The van der Waals surface area contributed by atoms with E-state index in [2.05, 4.69) is 10.2 Å². The van der Waals surface area contributed by atoms with Gasteiger partial charge in [-0.3, -0.25) is 14.7 Å². The summed E-state index contributed by atoms with van der Waals surface area (Å²) in [6.45, 7) is 1.33. The van der Waals surface area contributed by atoms with Gasteiger partial charge >= 0.3 is 5.97 Å². The number of Topliss-reactive ketones (excluding diaryl/α,β-unsaturated/α-hetero) is 1. The molecule has 1 heterocycles. The first-order valence-corrected chi connectivity index (χ1v) is 3.39. The second kappa shape index (κ2) is 3.17. The van der Waals surface area contributed by atoms with Crippen LogP contribution >= 0.6 is 0 Å². The molecule has 0 fully saturated rings. The quantitative estimate of drug-likeness (QED) is 0.502. The normalized spacial score (nSPS) is 12.4. The fourth-order valence-corrected chi connectivity index (χ4v) is 0.731. The van der Waals surface area contributed by atoms with Gasteiger partial charge in [0.25, 0.3) is 0 Å². The Labute approximate surface area is 68.4 Å². The maximum atomic E-state index is 11.2. The summed E-state index contributed by atoms with van der Waals surface area (Å²) in [7, 11) is 0. The highest BCUT2D eigenvalue weighted by molar-refractivity contribution is 6.06. The van der Waals surface area contributed by atoms with Gasteiger partial charge in [-0.15, -0.1) is 0 Å². The number of H-pyrrole nitrogens is 1. The van der Waals surface area contributed by atoms with Gasteiger partial charge in [0.05, 0.1) is 0 Å². The van der Waals surface area contributed by atoms with Crippen LogP contribution in [0.3, 0.4) is 0 Å². The van der Waals surface area contributed by atoms with Crippen molar-refractivity contribution in [2.45, 2.75) is 6.92 Å². The molecule has 1 atom stereocenters. The van der Waals surface area contributed by atoms with Gasteiger partial charge in [0, 0.05) is 6.20 Å². The molecular weight excluding hydrogens is 160 g/mol. The van der Waals surface area contributed by atoms with E-state index in [0.29, 0.717) is 0 Å². The lowest BCUT2D eigenvalue weighted by Crippen LogP contribution is -2.20. The number of ketones is 1. The number of carbonyl (C=O) groups is 2. The van der Waals surface area contributed by atoms with Gasteiger partial charge in [-0.05, 0) is 13.0 Å². The number of carbonyl (C=O) groups excluding carboxylic acids is 1. The fraction of sp³-hybridized carbons (Fsp3) is 0.286. The molecule has 0 aliphatic rings. The highest BCUT2D eigenvalue weighted by Crippen LogP contribution is 2.04. The number of aromatic amines is 1. The van der Waals surface area contributed by atoms with Gasteiger partial charge in [-0.25, -0.2) is 0 Å². The zero-order valence-electron chi connectivity index (χ0n) is 6.44. The first-order valence-electron chi connectivity index (χ1n) is 3.39. The molecule has 1 rings (SSSR count). The van der Waals surface area contributed by atoms with E-state index in [1.807, 2.05) is 0 Å². The number of nitrogens with one attached hydrogen (secondary N) is 1. The second-order valence-corrected chi connectivity index (χ2v) is 2.38. The van der Waals surface area contributed by atoms with Crippen molar-refractivity contribution in [2.75, 3.05) is 0 Å². The minimum absolute atomic E-state index is 0.157. The number of hydrogen-bond acceptors (Lipinski definition) is 3. The molecule has 0 bridgehead atoms. The average Bonchev–Trinajstić information content (AvgIpc) is 2.53. The Balaban J connectivity index is 2.79. The van der Waals surface area contributed by atoms with E-state index in [1.54, 1.807) is 0 Å². The van der Waals surface area contributed by atoms with Crippen molar-refractivity contribution in [3.8, 4) is 0 Å². The van der Waals surface area contributed by atoms with Crippen molar-refractivity contribution in [2.24, 2.45) is 5.92 Å². The molecule has 0 radical (unpaired) electrons. The predicted octanol–water partition coefficient (Wildman–Crippen LogP) is 0.313. The topological polar surface area (TPSA) is 83.0 Å². The lowest BCUT2D eigenvalue weighted by atomic mass is 10.1. The van der Waals surface area contributed by atoms with Gasteiger partial charge in [0.15, 0.2) is 5.78 Å². The Morgan fingerprint density at radius 2 is 2.33 bits per heavy atom. The van der Waals surface area contributed by atoms with Gasteiger partial charge < -0.3 is 5.11 Å². The molecule has 0 saturated heterocycles. The van der Waals surface area contributed by atoms with Gasteiger partial charge in [-0.2, -0.15) is 5.10 Å². The van der Waals surface area contributed by atoms with E-state index in [1.165, 1.54) is 19.2 Å². The highest BCUT2D eigenvalue weighted by Gasteiger charge is 2.23. The molecule has 5 nitrogen and oxygen atoms in total. The standard InChI is InChI=1S/C7H8N2O3/c1-4(7(11)12)6(10)5-2-3-8-9-5/h2-4H,1H3,(H,8,9)(H,11,12). The lowest BCUT2D eigenvalue weighted by molar-refractivity contribution is -0.139. The molecule has 0 aliphatic carbocycles. The molecule has 5 heteroatoms. The minimum Gasteiger partial charge on any atom is -0.481 e. The van der Waals surface area contributed by atoms with E-state index >= 15 is 0 Å². The average molecular weight is 168 g/mol. The zero-order chi connectivity index (χ0) is 9.14. The third-order valence-electron chi connectivity index (χ3n) is 1.52. The summed E-state index contributed by atoms with van der Waals surface area (Å²) in [4.78, 5) is 21.6. The first kappa shape index (κ1) is 8.45. The molecular formula is C7H8N2O3. The monoisotopic (exact) mass is 168 g/mol. The number of aliphatic carboxylic acids is 1. The third-order valence-corrected chi connectivity index (χ3v) is 1.52. The summed E-state index contributed by atoms with van der Waals surface area (Å²) in [5.74, 6) is -2.65. The van der Waals surface area contributed by atoms with Crippen LogP contribution in [0.15, 0.2) is 12.3 Å². The number of carboxylic acid groups (broad SMARTS) is 1. The Hall–Kier alpha value is -1.65. The summed E-state index contributed by atoms with van der Waals surface area (Å²) in [5.41, 5.74) is 0.157. The smallest absolute Gasteiger partial charge is 0.314 e. The Morgan fingerprint density at radius 3 is 2.75 bits per heavy atom. The van der Waals surface area contributed by atoms with Crippen molar-refractivity contribution >= 4 is 11.8 Å². The Bertz CT molecular complexity index is 292. The minimum atomic E-state index is -1.14. The number of rotatable bonds is 3. The van der Waals surface area contributed by atoms with Gasteiger partial charge in [0.1, 0.15) is 11.6 Å². The van der Waals surface area contributed by atoms with Gasteiger partial charge in [0.2, 0.25) is 0 Å². The Morgan fingerprint density at radius 1 is 1.67 bits per heavy atom. The van der Waals surface area contributed by atoms with Crippen LogP contribution in [0, 0.1) is 5.92 Å². The summed E-state index contributed by atoms with van der Waals surface area (Å²) in [6.07, 6.45) is 1.47. The van der Waals surface area contributed by atoms with E-state index in [9.17, 15) is 9.59 Å². The number of carboxylic acids is 1.